The van der Waals surface area contributed by atoms with Crippen molar-refractivity contribution < 1.29 is 24.5 Å². The quantitative estimate of drug-likeness (QED) is 0.673. The Morgan fingerprint density at radius 3 is 1.68 bits per heavy atom. The number of benzene rings is 2. The van der Waals surface area contributed by atoms with Gasteiger partial charge in [0.2, 0.25) is 0 Å². The van der Waals surface area contributed by atoms with Crippen LogP contribution in [0.2, 0.25) is 0 Å². The zero-order valence-electron chi connectivity index (χ0n) is 11.7. The van der Waals surface area contributed by atoms with Gasteiger partial charge in [-0.15, -0.1) is 0 Å². The lowest BCUT2D eigenvalue weighted by molar-refractivity contribution is 0.0989. The minimum atomic E-state index is -0.479. The van der Waals surface area contributed by atoms with E-state index in [0.29, 0.717) is 0 Å². The maximum absolute atomic E-state index is 11.3. The molecule has 0 saturated heterocycles. The van der Waals surface area contributed by atoms with Gasteiger partial charge >= 0.3 is 0 Å². The number of ketones is 2. The average molecular weight is 296 g/mol. The molecule has 0 heterocycles. The molecular formula is C17H12O5. The van der Waals surface area contributed by atoms with E-state index in [-0.39, 0.29) is 22.6 Å². The van der Waals surface area contributed by atoms with E-state index in [1.54, 1.807) is 7.11 Å². The largest absolute Gasteiger partial charge is 0.507 e. The van der Waals surface area contributed by atoms with Crippen molar-refractivity contribution in [2.45, 2.75) is 0 Å². The lowest BCUT2D eigenvalue weighted by Crippen LogP contribution is -2.11. The van der Waals surface area contributed by atoms with Crippen LogP contribution < -0.4 is 4.74 Å². The molecule has 0 aromatic heterocycles. The van der Waals surface area contributed by atoms with Gasteiger partial charge in [-0.2, -0.15) is 0 Å². The fourth-order valence-electron chi connectivity index (χ4n) is 2.32. The molecule has 3 aliphatic carbocycles. The molecule has 5 heteroatoms. The smallest absolute Gasteiger partial charge is 0.190 e. The van der Waals surface area contributed by atoms with Crippen LogP contribution in [0.5, 0.6) is 17.2 Å². The number of hydrogen-bond donors (Lipinski definition) is 2. The highest BCUT2D eigenvalue weighted by Crippen LogP contribution is 2.32. The molecule has 4 rings (SSSR count). The summed E-state index contributed by atoms with van der Waals surface area (Å²) < 4.78 is 4.97. The van der Waals surface area contributed by atoms with E-state index in [1.807, 2.05) is 6.07 Å². The molecule has 0 saturated carbocycles. The Kier molecular flexibility index (Phi) is 3.18. The number of rotatable bonds is 1. The van der Waals surface area contributed by atoms with Crippen molar-refractivity contribution in [3.63, 3.8) is 0 Å². The van der Waals surface area contributed by atoms with Gasteiger partial charge in [-0.25, -0.2) is 0 Å². The third kappa shape index (κ3) is 2.03. The van der Waals surface area contributed by atoms with E-state index in [4.69, 9.17) is 4.74 Å². The minimum Gasteiger partial charge on any atom is -0.507 e. The normalized spacial score (nSPS) is 13.1. The molecule has 0 bridgehead atoms. The van der Waals surface area contributed by atoms with E-state index in [2.05, 4.69) is 12.1 Å². The third-order valence-corrected chi connectivity index (χ3v) is 3.55. The Morgan fingerprint density at radius 1 is 0.864 bits per heavy atom. The summed E-state index contributed by atoms with van der Waals surface area (Å²) in [6.45, 7) is 0. The van der Waals surface area contributed by atoms with Crippen LogP contribution in [0, 0.1) is 10.4 Å². The Labute approximate surface area is 125 Å². The summed E-state index contributed by atoms with van der Waals surface area (Å²) in [6, 6.07) is 8.54. The first-order valence-corrected chi connectivity index (χ1v) is 6.53. The number of carbonyl (C=O) groups is 2. The Hall–Kier alpha value is -3.08. The monoisotopic (exact) mass is 296 g/mol. The number of fused-ring (bicyclic) bond motifs is 1. The molecule has 0 unspecified atom stereocenters. The van der Waals surface area contributed by atoms with E-state index in [9.17, 15) is 19.8 Å². The van der Waals surface area contributed by atoms with Gasteiger partial charge in [0, 0.05) is 5.22 Å². The topological polar surface area (TPSA) is 83.8 Å². The van der Waals surface area contributed by atoms with Crippen LogP contribution in [0.3, 0.4) is 0 Å². The molecule has 1 aromatic rings. The molecule has 0 aliphatic heterocycles. The molecule has 0 atom stereocenters. The van der Waals surface area contributed by atoms with Crippen LogP contribution >= 0.6 is 0 Å². The predicted molar refractivity (Wildman–Crippen MR) is 78.2 cm³/mol. The summed E-state index contributed by atoms with van der Waals surface area (Å²) in [7, 11) is 1.70. The highest BCUT2D eigenvalue weighted by Gasteiger charge is 2.25. The molecule has 3 aliphatic rings. The number of aromatic hydroxyl groups is 2. The van der Waals surface area contributed by atoms with Crippen molar-refractivity contribution in [1.82, 2.24) is 0 Å². The molecule has 110 valence electrons. The zero-order valence-corrected chi connectivity index (χ0v) is 11.7. The van der Waals surface area contributed by atoms with Gasteiger partial charge in [-0.1, -0.05) is 12.1 Å². The van der Waals surface area contributed by atoms with Crippen LogP contribution in [0.4, 0.5) is 0 Å². The van der Waals surface area contributed by atoms with E-state index < -0.39 is 11.6 Å². The fourth-order valence-corrected chi connectivity index (χ4v) is 2.32. The van der Waals surface area contributed by atoms with E-state index >= 15 is 0 Å². The standard InChI is InChI=1S/C10H6O4.C7H6O/c11-5-1-2-6(12)10-8(14)4-3-7(13)9(5)10;1-8-7-4-5-2-3-6(5)7/h1-4,11-12H;2-4H,1H3. The number of allylic oxidation sites excluding steroid dienone is 2. The Balaban J connectivity index is 0.000000151. The second-order valence-electron chi connectivity index (χ2n) is 4.83. The molecule has 5 nitrogen and oxygen atoms in total. The molecule has 0 amide bonds. The van der Waals surface area contributed by atoms with Gasteiger partial charge in [0.25, 0.3) is 0 Å². The molecule has 22 heavy (non-hydrogen) atoms. The summed E-state index contributed by atoms with van der Waals surface area (Å²) in [5, 5.41) is 21.3. The van der Waals surface area contributed by atoms with Crippen molar-refractivity contribution in [3.05, 3.63) is 64.0 Å². The maximum Gasteiger partial charge on any atom is 0.190 e. The van der Waals surface area contributed by atoms with Crippen molar-refractivity contribution in [2.75, 3.05) is 7.11 Å². The summed E-state index contributed by atoms with van der Waals surface area (Å²) in [5.74, 6) is -0.510. The molecule has 0 fully saturated rings. The maximum atomic E-state index is 11.3. The minimum absolute atomic E-state index is 0.127. The third-order valence-electron chi connectivity index (χ3n) is 3.55. The predicted octanol–water partition coefficient (Wildman–Crippen LogP) is 2.33. The molecular weight excluding hydrogens is 284 g/mol. The molecule has 1 aromatic carbocycles. The number of carbonyl (C=O) groups excluding carboxylic acids is 2. The van der Waals surface area contributed by atoms with Gasteiger partial charge in [-0.05, 0) is 35.6 Å². The summed E-state index contributed by atoms with van der Waals surface area (Å²) in [5.41, 5.74) is -0.255. The first-order valence-electron chi connectivity index (χ1n) is 6.53. The van der Waals surface area contributed by atoms with Crippen LogP contribution in [0.1, 0.15) is 20.7 Å². The second kappa shape index (κ2) is 5.04. The van der Waals surface area contributed by atoms with Crippen LogP contribution in [0.25, 0.3) is 0 Å². The Morgan fingerprint density at radius 2 is 1.41 bits per heavy atom. The number of ether oxygens (including phenoxy) is 1. The van der Waals surface area contributed by atoms with Crippen molar-refractivity contribution in [1.29, 1.82) is 0 Å². The number of phenols is 2. The van der Waals surface area contributed by atoms with E-state index in [0.717, 1.165) is 17.9 Å². The van der Waals surface area contributed by atoms with Crippen molar-refractivity contribution in [2.24, 2.45) is 0 Å². The van der Waals surface area contributed by atoms with Crippen LogP contribution in [-0.4, -0.2) is 28.9 Å². The van der Waals surface area contributed by atoms with Gasteiger partial charge in [0.05, 0.1) is 18.2 Å². The molecule has 2 N–H and O–H groups in total. The lowest BCUT2D eigenvalue weighted by Gasteiger charge is -2.11. The van der Waals surface area contributed by atoms with Gasteiger partial charge in [0.1, 0.15) is 17.2 Å². The first kappa shape index (κ1) is 13.9. The number of hydrogen-bond acceptors (Lipinski definition) is 5. The Bertz CT molecular complexity index is 882. The number of methoxy groups -OCH3 is 1. The average Bonchev–Trinajstić information content (AvgIpc) is 2.49. The highest BCUT2D eigenvalue weighted by atomic mass is 16.5. The second-order valence-corrected chi connectivity index (χ2v) is 4.83. The summed E-state index contributed by atoms with van der Waals surface area (Å²) in [4.78, 5) is 22.6. The van der Waals surface area contributed by atoms with Gasteiger partial charge in [-0.3, -0.25) is 9.59 Å². The molecule has 0 radical (unpaired) electrons. The summed E-state index contributed by atoms with van der Waals surface area (Å²) in [6.07, 6.45) is 2.15. The van der Waals surface area contributed by atoms with E-state index in [1.165, 1.54) is 22.6 Å². The number of phenolic OH excluding ortho intramolecular Hbond substituents is 2. The lowest BCUT2D eigenvalue weighted by atomic mass is 9.93. The highest BCUT2D eigenvalue weighted by molar-refractivity contribution is 6.24. The van der Waals surface area contributed by atoms with Gasteiger partial charge in [0.15, 0.2) is 11.6 Å². The van der Waals surface area contributed by atoms with Gasteiger partial charge < -0.3 is 14.9 Å². The zero-order chi connectivity index (χ0) is 15.9. The molecule has 0 spiro atoms. The van der Waals surface area contributed by atoms with Crippen LogP contribution in [-0.2, 0) is 0 Å². The summed E-state index contributed by atoms with van der Waals surface area (Å²) >= 11 is 0. The van der Waals surface area contributed by atoms with Crippen LogP contribution in [0.15, 0.2) is 42.5 Å². The van der Waals surface area contributed by atoms with Crippen molar-refractivity contribution in [3.8, 4) is 17.2 Å². The van der Waals surface area contributed by atoms with Crippen molar-refractivity contribution >= 4 is 11.6 Å². The fraction of sp³-hybridized carbons (Fsp3) is 0.0588. The SMILES string of the molecule is COc1cc2ccc1=2.O=C1C=CC(=O)c2c(O)ccc(O)c21. The first-order chi connectivity index (χ1) is 10.5.